The lowest BCUT2D eigenvalue weighted by Gasteiger charge is -2.13. The van der Waals surface area contributed by atoms with Crippen LogP contribution >= 0.6 is 24.0 Å². The minimum Gasteiger partial charge on any atom is -0.496 e. The van der Waals surface area contributed by atoms with Gasteiger partial charge in [-0.1, -0.05) is 24.3 Å². The third-order valence-electron chi connectivity index (χ3n) is 2.95. The number of rotatable bonds is 6. The van der Waals surface area contributed by atoms with Gasteiger partial charge in [-0.25, -0.2) is 0 Å². The lowest BCUT2D eigenvalue weighted by molar-refractivity contribution is 0.408. The number of nitrogens with one attached hydrogen (secondary N) is 2. The van der Waals surface area contributed by atoms with Crippen molar-refractivity contribution in [2.45, 2.75) is 26.8 Å². The van der Waals surface area contributed by atoms with Gasteiger partial charge in [-0.05, 0) is 31.9 Å². The van der Waals surface area contributed by atoms with Crippen LogP contribution in [0.1, 0.15) is 24.5 Å². The molecule has 0 saturated carbocycles. The summed E-state index contributed by atoms with van der Waals surface area (Å²) < 4.78 is 5.40. The van der Waals surface area contributed by atoms with E-state index in [1.807, 2.05) is 13.0 Å². The Morgan fingerprint density at radius 3 is 2.71 bits per heavy atom. The molecule has 118 valence electrons. The fraction of sp³-hybridized carbons (Fsp3) is 0.438. The maximum absolute atomic E-state index is 5.40. The Hall–Kier alpha value is -1.24. The maximum atomic E-state index is 5.40. The molecule has 0 atom stereocenters. The second kappa shape index (κ2) is 11.4. The topological polar surface area (TPSA) is 45.7 Å². The van der Waals surface area contributed by atoms with Crippen molar-refractivity contribution in [2.75, 3.05) is 20.7 Å². The van der Waals surface area contributed by atoms with Gasteiger partial charge in [0.15, 0.2) is 5.96 Å². The van der Waals surface area contributed by atoms with E-state index in [4.69, 9.17) is 4.74 Å². The average molecular weight is 403 g/mol. The Morgan fingerprint density at radius 1 is 1.33 bits per heavy atom. The highest BCUT2D eigenvalue weighted by Gasteiger charge is 2.04. The highest BCUT2D eigenvalue weighted by molar-refractivity contribution is 14.0. The molecule has 0 aliphatic rings. The third-order valence-corrected chi connectivity index (χ3v) is 2.95. The van der Waals surface area contributed by atoms with Crippen molar-refractivity contribution < 1.29 is 4.74 Å². The van der Waals surface area contributed by atoms with Crippen LogP contribution in [0.3, 0.4) is 0 Å². The van der Waals surface area contributed by atoms with E-state index in [2.05, 4.69) is 46.8 Å². The minimum atomic E-state index is 0. The highest BCUT2D eigenvalue weighted by atomic mass is 127. The molecule has 0 aliphatic carbocycles. The zero-order chi connectivity index (χ0) is 14.8. The summed E-state index contributed by atoms with van der Waals surface area (Å²) in [6.45, 7) is 5.64. The number of hydrogen-bond donors (Lipinski definition) is 2. The molecule has 1 aromatic rings. The first-order valence-electron chi connectivity index (χ1n) is 6.90. The van der Waals surface area contributed by atoms with Crippen LogP contribution in [0.25, 0.3) is 0 Å². The quantitative estimate of drug-likeness (QED) is 0.252. The first-order valence-corrected chi connectivity index (χ1v) is 6.90. The first-order chi connectivity index (χ1) is 9.71. The van der Waals surface area contributed by atoms with Crippen molar-refractivity contribution in [1.29, 1.82) is 0 Å². The summed E-state index contributed by atoms with van der Waals surface area (Å²) in [7, 11) is 3.47. The van der Waals surface area contributed by atoms with Crippen molar-refractivity contribution in [3.05, 3.63) is 41.5 Å². The van der Waals surface area contributed by atoms with Gasteiger partial charge in [0.25, 0.3) is 0 Å². The fourth-order valence-electron chi connectivity index (χ4n) is 1.84. The summed E-state index contributed by atoms with van der Waals surface area (Å²) >= 11 is 0. The Kier molecular flexibility index (Phi) is 10.7. The molecular weight excluding hydrogens is 377 g/mol. The summed E-state index contributed by atoms with van der Waals surface area (Å²) in [5, 5.41) is 6.56. The molecular formula is C16H26IN3O. The first kappa shape index (κ1) is 19.8. The predicted molar refractivity (Wildman–Crippen MR) is 101 cm³/mol. The summed E-state index contributed by atoms with van der Waals surface area (Å²) in [5.74, 6) is 1.71. The molecule has 4 nitrogen and oxygen atoms in total. The summed E-state index contributed by atoms with van der Waals surface area (Å²) in [6, 6.07) is 6.20. The molecule has 0 amide bonds. The van der Waals surface area contributed by atoms with E-state index in [0.717, 1.165) is 30.2 Å². The summed E-state index contributed by atoms with van der Waals surface area (Å²) in [4.78, 5) is 4.20. The Bertz CT molecular complexity index is 473. The number of aliphatic imine (C=N–C) groups is 1. The smallest absolute Gasteiger partial charge is 0.191 e. The van der Waals surface area contributed by atoms with Crippen LogP contribution in [0.5, 0.6) is 5.75 Å². The number of benzene rings is 1. The maximum Gasteiger partial charge on any atom is 0.191 e. The second-order valence-corrected chi connectivity index (χ2v) is 4.53. The summed E-state index contributed by atoms with van der Waals surface area (Å²) in [6.07, 6.45) is 5.17. The molecule has 21 heavy (non-hydrogen) atoms. The van der Waals surface area contributed by atoms with Crippen molar-refractivity contribution in [2.24, 2.45) is 4.99 Å². The van der Waals surface area contributed by atoms with Gasteiger partial charge < -0.3 is 15.4 Å². The van der Waals surface area contributed by atoms with E-state index in [1.165, 1.54) is 5.56 Å². The molecule has 5 heteroatoms. The normalized spacial score (nSPS) is 11.1. The van der Waals surface area contributed by atoms with Gasteiger partial charge in [0.1, 0.15) is 5.75 Å². The standard InChI is InChI=1S/C16H25N3O.HI/c1-5-6-7-10-18-16(17-3)19-12-14-9-8-13(2)11-15(14)20-4;/h5-6,8-9,11H,7,10,12H2,1-4H3,(H2,17,18,19);1H/b6-5+;. The van der Waals surface area contributed by atoms with Crippen molar-refractivity contribution in [3.63, 3.8) is 0 Å². The number of ether oxygens (including phenoxy) is 1. The molecule has 0 aliphatic heterocycles. The molecule has 0 fully saturated rings. The van der Waals surface area contributed by atoms with Crippen LogP contribution in [-0.4, -0.2) is 26.7 Å². The number of methoxy groups -OCH3 is 1. The van der Waals surface area contributed by atoms with E-state index >= 15 is 0 Å². The van der Waals surface area contributed by atoms with E-state index in [1.54, 1.807) is 14.2 Å². The molecule has 0 heterocycles. The lowest BCUT2D eigenvalue weighted by Crippen LogP contribution is -2.37. The number of guanidine groups is 1. The number of aryl methyl sites for hydroxylation is 1. The zero-order valence-electron chi connectivity index (χ0n) is 13.3. The van der Waals surface area contributed by atoms with Crippen molar-refractivity contribution in [3.8, 4) is 5.75 Å². The predicted octanol–water partition coefficient (Wildman–Crippen LogP) is 3.25. The van der Waals surface area contributed by atoms with Crippen LogP contribution < -0.4 is 15.4 Å². The SMILES string of the molecule is C/C=C/CCNC(=NC)NCc1ccc(C)cc1OC.I. The molecule has 0 bridgehead atoms. The van der Waals surface area contributed by atoms with Crippen LogP contribution in [0.4, 0.5) is 0 Å². The monoisotopic (exact) mass is 403 g/mol. The van der Waals surface area contributed by atoms with E-state index in [9.17, 15) is 0 Å². The van der Waals surface area contributed by atoms with Gasteiger partial charge in [-0.15, -0.1) is 24.0 Å². The van der Waals surface area contributed by atoms with Crippen molar-refractivity contribution in [1.82, 2.24) is 10.6 Å². The third kappa shape index (κ3) is 7.36. The van der Waals surface area contributed by atoms with E-state index in [0.29, 0.717) is 6.54 Å². The van der Waals surface area contributed by atoms with E-state index < -0.39 is 0 Å². The lowest BCUT2D eigenvalue weighted by atomic mass is 10.1. The molecule has 1 rings (SSSR count). The molecule has 0 spiro atoms. The number of hydrogen-bond acceptors (Lipinski definition) is 2. The summed E-state index contributed by atoms with van der Waals surface area (Å²) in [5.41, 5.74) is 2.31. The Balaban J connectivity index is 0.00000400. The largest absolute Gasteiger partial charge is 0.496 e. The van der Waals surface area contributed by atoms with Gasteiger partial charge in [-0.2, -0.15) is 0 Å². The second-order valence-electron chi connectivity index (χ2n) is 4.53. The average Bonchev–Trinajstić information content (AvgIpc) is 2.47. The fourth-order valence-corrected chi connectivity index (χ4v) is 1.84. The van der Waals surface area contributed by atoms with Gasteiger partial charge in [0, 0.05) is 25.7 Å². The van der Waals surface area contributed by atoms with Gasteiger partial charge in [-0.3, -0.25) is 4.99 Å². The number of halogens is 1. The molecule has 0 saturated heterocycles. The molecule has 1 aromatic carbocycles. The molecule has 0 aromatic heterocycles. The van der Waals surface area contributed by atoms with Crippen LogP contribution in [0.2, 0.25) is 0 Å². The van der Waals surface area contributed by atoms with Crippen LogP contribution in [0, 0.1) is 6.92 Å². The minimum absolute atomic E-state index is 0. The highest BCUT2D eigenvalue weighted by Crippen LogP contribution is 2.19. The van der Waals surface area contributed by atoms with Gasteiger partial charge in [0.2, 0.25) is 0 Å². The number of nitrogens with zero attached hydrogens (tertiary/aromatic N) is 1. The molecule has 0 unspecified atom stereocenters. The van der Waals surface area contributed by atoms with Crippen LogP contribution in [0.15, 0.2) is 35.3 Å². The van der Waals surface area contributed by atoms with Gasteiger partial charge in [0.05, 0.1) is 7.11 Å². The van der Waals surface area contributed by atoms with E-state index in [-0.39, 0.29) is 24.0 Å². The Morgan fingerprint density at radius 2 is 2.10 bits per heavy atom. The molecule has 2 N–H and O–H groups in total. The Labute approximate surface area is 145 Å². The van der Waals surface area contributed by atoms with Gasteiger partial charge >= 0.3 is 0 Å². The number of allylic oxidation sites excluding steroid dienone is 1. The zero-order valence-corrected chi connectivity index (χ0v) is 15.6. The molecule has 0 radical (unpaired) electrons. The van der Waals surface area contributed by atoms with Crippen LogP contribution in [-0.2, 0) is 6.54 Å². The van der Waals surface area contributed by atoms with Crippen molar-refractivity contribution >= 4 is 29.9 Å².